The van der Waals surface area contributed by atoms with Crippen LogP contribution in [-0.2, 0) is 70.2 Å². The smallest absolute Gasteiger partial charge is 0 e. The first kappa shape index (κ1) is 61.8. The van der Waals surface area contributed by atoms with Crippen molar-refractivity contribution >= 4 is 6.79 Å². The van der Waals surface area contributed by atoms with Gasteiger partial charge in [0.25, 0.3) is 0 Å². The van der Waals surface area contributed by atoms with E-state index in [9.17, 15) is 0 Å². The molecule has 0 aromatic rings. The molecule has 0 bridgehead atoms. The van der Waals surface area contributed by atoms with Crippen molar-refractivity contribution in [2.24, 2.45) is 0 Å². The summed E-state index contributed by atoms with van der Waals surface area (Å²) < 4.78 is 0. The molecule has 2 radical (unpaired) electrons. The van der Waals surface area contributed by atoms with Crippen LogP contribution in [0.4, 0.5) is 0 Å². The summed E-state index contributed by atoms with van der Waals surface area (Å²) in [5, 5.41) is 0. The minimum absolute atomic E-state index is 0. The molecule has 0 saturated carbocycles. The van der Waals surface area contributed by atoms with Crippen LogP contribution in [0.15, 0.2) is 0 Å². The maximum Gasteiger partial charge on any atom is 0 e. The van der Waals surface area contributed by atoms with E-state index in [4.69, 9.17) is 4.79 Å². The van der Waals surface area contributed by atoms with Crippen LogP contribution in [-0.4, -0.2) is 6.79 Å². The van der Waals surface area contributed by atoms with E-state index in [0.29, 0.717) is 0 Å². The monoisotopic (exact) mass is 399 g/mol. The van der Waals surface area contributed by atoms with Gasteiger partial charge < -0.3 is 18.6 Å². The molecule has 0 unspecified atom stereocenters. The van der Waals surface area contributed by atoms with Gasteiger partial charge in [-0.1, -0.05) is 61.8 Å². The van der Waals surface area contributed by atoms with Crippen molar-refractivity contribution in [1.82, 2.24) is 0 Å². The second-order valence-electron chi connectivity index (χ2n) is 1.71. The van der Waals surface area contributed by atoms with Gasteiger partial charge in [-0.3, -0.25) is 6.79 Å². The molecule has 0 aromatic heterocycles. The third kappa shape index (κ3) is 544. The number of rotatable bonds is 1. The first-order valence-electron chi connectivity index (χ1n) is 4.98. The topological polar surface area (TPSA) is 17.1 Å². The predicted octanol–water partition coefficient (Wildman–Crippen LogP) is 5.90. The number of hydrogen-bond acceptors (Lipinski definition) is 1. The van der Waals surface area contributed by atoms with Crippen molar-refractivity contribution < 1.29 is 70.2 Å². The number of carbonyl (C=O) groups excluding carboxylic acids is 1. The van der Waals surface area contributed by atoms with E-state index in [1.165, 1.54) is 19.3 Å². The Labute approximate surface area is 164 Å². The largest absolute Gasteiger partial charge is 0.545 e. The molecule has 0 aliphatic heterocycles. The van der Waals surface area contributed by atoms with E-state index >= 15 is 0 Å². The maximum atomic E-state index is 7.75. The average molecular weight is 399 g/mol. The van der Waals surface area contributed by atoms with Crippen LogP contribution in [0.2, 0.25) is 0 Å². The van der Waals surface area contributed by atoms with E-state index in [1.54, 1.807) is 13.8 Å². The van der Waals surface area contributed by atoms with Gasteiger partial charge in [-0.15, -0.1) is 0 Å². The Morgan fingerprint density at radius 1 is 0.706 bits per heavy atom. The molecule has 0 amide bonds. The van der Waals surface area contributed by atoms with Crippen molar-refractivity contribution in [3.63, 3.8) is 0 Å². The third-order valence-electron chi connectivity index (χ3n) is 0.500. The van der Waals surface area contributed by atoms with Crippen LogP contribution >= 0.6 is 0 Å². The van der Waals surface area contributed by atoms with Gasteiger partial charge in [0.1, 0.15) is 0 Å². The Bertz CT molecular complexity index is 28.2. The maximum absolute atomic E-state index is 7.75. The van der Waals surface area contributed by atoms with Gasteiger partial charge in [-0.2, -0.15) is 13.8 Å². The quantitative estimate of drug-likeness (QED) is 0.397. The van der Waals surface area contributed by atoms with E-state index in [-0.39, 0.29) is 80.3 Å². The Kier molecular flexibility index (Phi) is 779. The molecule has 3 heteroatoms. The molecule has 0 atom stereocenters. The first-order valence-corrected chi connectivity index (χ1v) is 4.98. The molecule has 0 saturated heterocycles. The van der Waals surface area contributed by atoms with Gasteiger partial charge in [-0.25, -0.2) is 0 Å². The minimum Gasteiger partial charge on any atom is -0.545 e. The van der Waals surface area contributed by atoms with E-state index in [1.807, 2.05) is 0 Å². The molecule has 0 aliphatic rings. The second kappa shape index (κ2) is 214. The van der Waals surface area contributed by atoms with Gasteiger partial charge in [0.2, 0.25) is 0 Å². The van der Waals surface area contributed by atoms with Crippen molar-refractivity contribution in [3.05, 3.63) is 13.8 Å². The molecule has 0 heterocycles. The molecular weight excluding hydrogens is 362 g/mol. The Morgan fingerprint density at radius 3 is 0.765 bits per heavy atom. The molecule has 108 valence electrons. The molecule has 0 aliphatic carbocycles. The standard InChI is InChI=1S/C4H10.C3H8.2C2H5.CHO.2CH4.2Y/c1-3-4-2;1-3-2;3*1-2;;;;/h3-4H2,1-2H3;3H2,1-2H3;2*1H2,2H3;1H;2*1H4;;/q;;3*-1;;;;. The SMILES string of the molecule is C.C.CCC.CCCC.[CH-]=O.[CH2-]C.[CH2-]C.[Y].[Y]. The Morgan fingerprint density at radius 2 is 0.765 bits per heavy atom. The van der Waals surface area contributed by atoms with Gasteiger partial charge in [0, 0.05) is 65.4 Å². The van der Waals surface area contributed by atoms with Crippen LogP contribution in [0.25, 0.3) is 0 Å². The number of unbranched alkanes of at least 4 members (excludes halogenated alkanes) is 1. The zero-order chi connectivity index (χ0) is 12.1. The van der Waals surface area contributed by atoms with E-state index in [2.05, 4.69) is 48.3 Å². The zero-order valence-corrected chi connectivity index (χ0v) is 17.4. The first-order chi connectivity index (χ1) is 6.33. The third-order valence-corrected chi connectivity index (χ3v) is 0.500. The van der Waals surface area contributed by atoms with E-state index in [0.717, 1.165) is 0 Å². The minimum atomic E-state index is 0. The predicted molar refractivity (Wildman–Crippen MR) is 78.8 cm³/mol. The molecule has 0 spiro atoms. The summed E-state index contributed by atoms with van der Waals surface area (Å²) >= 11 is 0. The molecule has 0 rings (SSSR count). The summed E-state index contributed by atoms with van der Waals surface area (Å²) in [6.45, 7) is 21.9. The summed E-state index contributed by atoms with van der Waals surface area (Å²) in [5.41, 5.74) is 0. The van der Waals surface area contributed by atoms with Crippen molar-refractivity contribution in [2.75, 3.05) is 0 Å². The molecule has 17 heavy (non-hydrogen) atoms. The van der Waals surface area contributed by atoms with Crippen LogP contribution in [0.5, 0.6) is 0 Å². The number of hydrogen-bond donors (Lipinski definition) is 0. The van der Waals surface area contributed by atoms with E-state index < -0.39 is 0 Å². The molecule has 0 N–H and O–H groups in total. The summed E-state index contributed by atoms with van der Waals surface area (Å²) in [5.74, 6) is 0. The Balaban J connectivity index is -0.00000000656. The summed E-state index contributed by atoms with van der Waals surface area (Å²) in [7, 11) is 0. The molecular formula is C14H37OY2-3. The molecule has 0 aromatic carbocycles. The van der Waals surface area contributed by atoms with Crippen molar-refractivity contribution in [2.45, 2.75) is 75.7 Å². The van der Waals surface area contributed by atoms with Crippen LogP contribution in [0.3, 0.4) is 0 Å². The summed E-state index contributed by atoms with van der Waals surface area (Å²) in [6.07, 6.45) is 3.89. The van der Waals surface area contributed by atoms with Crippen LogP contribution < -0.4 is 0 Å². The average Bonchev–Trinajstić information content (AvgIpc) is 2.27. The van der Waals surface area contributed by atoms with Crippen LogP contribution in [0, 0.1) is 13.8 Å². The van der Waals surface area contributed by atoms with Gasteiger partial charge in [0.05, 0.1) is 0 Å². The van der Waals surface area contributed by atoms with Crippen molar-refractivity contribution in [1.29, 1.82) is 0 Å². The fourth-order valence-electron chi connectivity index (χ4n) is 0. The normalized spacial score (nSPS) is 3.76. The second-order valence-corrected chi connectivity index (χ2v) is 1.71. The zero-order valence-electron chi connectivity index (χ0n) is 11.7. The molecule has 1 nitrogen and oxygen atoms in total. The fraction of sp³-hybridized carbons (Fsp3) is 0.786. The summed E-state index contributed by atoms with van der Waals surface area (Å²) in [4.78, 5) is 7.75. The van der Waals surface area contributed by atoms with Gasteiger partial charge >= 0.3 is 0 Å². The Hall–Kier alpha value is 1.88. The van der Waals surface area contributed by atoms with Crippen molar-refractivity contribution in [3.8, 4) is 0 Å². The van der Waals surface area contributed by atoms with Gasteiger partial charge in [-0.05, 0) is 0 Å². The van der Waals surface area contributed by atoms with Gasteiger partial charge in [0.15, 0.2) is 0 Å². The molecule has 0 fully saturated rings. The fourth-order valence-corrected chi connectivity index (χ4v) is 0. The summed E-state index contributed by atoms with van der Waals surface area (Å²) in [6, 6.07) is 0. The van der Waals surface area contributed by atoms with Crippen LogP contribution in [0.1, 0.15) is 75.7 Å².